The van der Waals surface area contributed by atoms with E-state index in [9.17, 15) is 10.1 Å². The highest BCUT2D eigenvalue weighted by molar-refractivity contribution is 5.17. The van der Waals surface area contributed by atoms with Gasteiger partial charge in [0.15, 0.2) is 0 Å². The predicted octanol–water partition coefficient (Wildman–Crippen LogP) is 0.856. The van der Waals surface area contributed by atoms with E-state index in [1.165, 1.54) is 6.07 Å². The Morgan fingerprint density at radius 2 is 2.22 bits per heavy atom. The number of nitro groups is 1. The molecule has 0 amide bonds. The molecule has 18 heavy (non-hydrogen) atoms. The Morgan fingerprint density at radius 1 is 1.44 bits per heavy atom. The molecule has 0 unspecified atom stereocenters. The minimum atomic E-state index is -0.548. The largest absolute Gasteiger partial charge is 0.433 e. The van der Waals surface area contributed by atoms with E-state index in [-0.39, 0.29) is 5.88 Å². The minimum Gasteiger partial charge on any atom is -0.404 e. The van der Waals surface area contributed by atoms with E-state index < -0.39 is 4.92 Å². The molecule has 0 saturated carbocycles. The number of furan rings is 1. The summed E-state index contributed by atoms with van der Waals surface area (Å²) < 4.78 is 10.4. The van der Waals surface area contributed by atoms with Crippen molar-refractivity contribution in [3.63, 3.8) is 0 Å². The quantitative estimate of drug-likeness (QED) is 0.401. The summed E-state index contributed by atoms with van der Waals surface area (Å²) >= 11 is 0. The molecule has 0 aliphatic carbocycles. The summed E-state index contributed by atoms with van der Waals surface area (Å²) in [4.78, 5) is 11.9. The van der Waals surface area contributed by atoms with E-state index in [2.05, 4.69) is 10.2 Å². The fourth-order valence-corrected chi connectivity index (χ4v) is 1.26. The van der Waals surface area contributed by atoms with Crippen LogP contribution >= 0.6 is 0 Å². The topological polar surface area (TPSA) is 80.8 Å². The molecular weight excluding hydrogens is 238 g/mol. The van der Waals surface area contributed by atoms with Gasteiger partial charge in [0.05, 0.1) is 25.8 Å². The van der Waals surface area contributed by atoms with Gasteiger partial charge in [0, 0.05) is 13.1 Å². The standard InChI is InChI=1S/C11H19N3O4/c1-13(2)6-8-17-7-5-12-9-10-3-4-11(18-10)14(15)16/h3-4,12H,5-9H2,1-2H3. The van der Waals surface area contributed by atoms with Gasteiger partial charge < -0.3 is 19.4 Å². The zero-order valence-electron chi connectivity index (χ0n) is 10.7. The molecule has 7 heteroatoms. The third kappa shape index (κ3) is 5.76. The Bertz CT molecular complexity index is 365. The fourth-order valence-electron chi connectivity index (χ4n) is 1.26. The molecule has 0 fully saturated rings. The van der Waals surface area contributed by atoms with Crippen LogP contribution in [0.1, 0.15) is 5.76 Å². The maximum atomic E-state index is 10.4. The molecule has 0 atom stereocenters. The maximum absolute atomic E-state index is 10.4. The zero-order valence-corrected chi connectivity index (χ0v) is 10.7. The lowest BCUT2D eigenvalue weighted by atomic mass is 10.4. The molecule has 0 aromatic carbocycles. The normalized spacial score (nSPS) is 11.1. The number of hydrogen-bond donors (Lipinski definition) is 1. The Kier molecular flexibility index (Phi) is 6.34. The first-order valence-electron chi connectivity index (χ1n) is 5.76. The van der Waals surface area contributed by atoms with Gasteiger partial charge in [-0.3, -0.25) is 10.1 Å². The predicted molar refractivity (Wildman–Crippen MR) is 66.4 cm³/mol. The molecule has 102 valence electrons. The number of hydrogen-bond acceptors (Lipinski definition) is 6. The van der Waals surface area contributed by atoms with E-state index in [1.54, 1.807) is 6.07 Å². The third-order valence-electron chi connectivity index (χ3n) is 2.23. The van der Waals surface area contributed by atoms with Crippen LogP contribution in [0.5, 0.6) is 0 Å². The van der Waals surface area contributed by atoms with Crippen LogP contribution in [0.15, 0.2) is 16.5 Å². The lowest BCUT2D eigenvalue weighted by Crippen LogP contribution is -2.22. The van der Waals surface area contributed by atoms with Crippen LogP contribution in [0.3, 0.4) is 0 Å². The number of nitrogens with one attached hydrogen (secondary N) is 1. The van der Waals surface area contributed by atoms with Crippen LogP contribution in [0.2, 0.25) is 0 Å². The van der Waals surface area contributed by atoms with Crippen molar-refractivity contribution in [3.05, 3.63) is 28.0 Å². The molecule has 1 aromatic rings. The van der Waals surface area contributed by atoms with Crippen molar-refractivity contribution in [1.82, 2.24) is 10.2 Å². The average molecular weight is 257 g/mol. The fraction of sp³-hybridized carbons (Fsp3) is 0.636. The van der Waals surface area contributed by atoms with Gasteiger partial charge in [-0.05, 0) is 20.2 Å². The van der Waals surface area contributed by atoms with Gasteiger partial charge in [-0.1, -0.05) is 0 Å². The summed E-state index contributed by atoms with van der Waals surface area (Å²) in [5, 5.41) is 13.5. The molecule has 7 nitrogen and oxygen atoms in total. The molecule has 0 radical (unpaired) electrons. The number of rotatable bonds is 9. The van der Waals surface area contributed by atoms with Gasteiger partial charge in [0.2, 0.25) is 0 Å². The van der Waals surface area contributed by atoms with Crippen LogP contribution in [0, 0.1) is 10.1 Å². The lowest BCUT2D eigenvalue weighted by molar-refractivity contribution is -0.402. The van der Waals surface area contributed by atoms with Gasteiger partial charge in [-0.2, -0.15) is 0 Å². The summed E-state index contributed by atoms with van der Waals surface area (Å²) in [5.41, 5.74) is 0. The second-order valence-corrected chi connectivity index (χ2v) is 4.09. The smallest absolute Gasteiger partial charge is 0.404 e. The second-order valence-electron chi connectivity index (χ2n) is 4.09. The number of likely N-dealkylation sites (N-methyl/N-ethyl adjacent to an activating group) is 1. The number of nitrogens with zero attached hydrogens (tertiary/aromatic N) is 2. The van der Waals surface area contributed by atoms with Crippen molar-refractivity contribution in [2.45, 2.75) is 6.54 Å². The first kappa shape index (κ1) is 14.6. The Labute approximate surface area is 106 Å². The monoisotopic (exact) mass is 257 g/mol. The SMILES string of the molecule is CN(C)CCOCCNCc1ccc([N+](=O)[O-])o1. The Morgan fingerprint density at radius 3 is 2.83 bits per heavy atom. The molecule has 1 aromatic heterocycles. The lowest BCUT2D eigenvalue weighted by Gasteiger charge is -2.09. The molecule has 1 rings (SSSR count). The summed E-state index contributed by atoms with van der Waals surface area (Å²) in [7, 11) is 3.98. The van der Waals surface area contributed by atoms with E-state index >= 15 is 0 Å². The molecule has 1 heterocycles. The molecular formula is C11H19N3O4. The van der Waals surface area contributed by atoms with Gasteiger partial charge in [0.25, 0.3) is 0 Å². The molecule has 0 spiro atoms. The van der Waals surface area contributed by atoms with Gasteiger partial charge >= 0.3 is 5.88 Å². The summed E-state index contributed by atoms with van der Waals surface area (Å²) in [6, 6.07) is 2.95. The van der Waals surface area contributed by atoms with Crippen molar-refractivity contribution >= 4 is 5.88 Å². The number of ether oxygens (including phenoxy) is 1. The Balaban J connectivity index is 2.05. The van der Waals surface area contributed by atoms with E-state index in [0.29, 0.717) is 32.1 Å². The zero-order chi connectivity index (χ0) is 13.4. The van der Waals surface area contributed by atoms with Crippen LogP contribution in [-0.4, -0.2) is 50.2 Å². The van der Waals surface area contributed by atoms with E-state index in [1.807, 2.05) is 14.1 Å². The second kappa shape index (κ2) is 7.80. The van der Waals surface area contributed by atoms with Crippen LogP contribution in [0.25, 0.3) is 0 Å². The molecule has 0 aliphatic rings. The van der Waals surface area contributed by atoms with Gasteiger partial charge in [-0.15, -0.1) is 0 Å². The minimum absolute atomic E-state index is 0.228. The molecule has 1 N–H and O–H groups in total. The molecule has 0 saturated heterocycles. The summed E-state index contributed by atoms with van der Waals surface area (Å²) in [6.07, 6.45) is 0. The average Bonchev–Trinajstić information content (AvgIpc) is 2.76. The summed E-state index contributed by atoms with van der Waals surface area (Å²) in [5.74, 6) is 0.323. The highest BCUT2D eigenvalue weighted by Crippen LogP contribution is 2.14. The van der Waals surface area contributed by atoms with E-state index in [0.717, 1.165) is 6.54 Å². The van der Waals surface area contributed by atoms with E-state index in [4.69, 9.17) is 9.15 Å². The molecule has 0 bridgehead atoms. The van der Waals surface area contributed by atoms with Crippen molar-refractivity contribution in [2.24, 2.45) is 0 Å². The van der Waals surface area contributed by atoms with Gasteiger partial charge in [-0.25, -0.2) is 0 Å². The maximum Gasteiger partial charge on any atom is 0.433 e. The Hall–Kier alpha value is -1.44. The molecule has 0 aliphatic heterocycles. The third-order valence-corrected chi connectivity index (χ3v) is 2.23. The van der Waals surface area contributed by atoms with Crippen LogP contribution in [0.4, 0.5) is 5.88 Å². The highest BCUT2D eigenvalue weighted by Gasteiger charge is 2.10. The van der Waals surface area contributed by atoms with Crippen molar-refractivity contribution in [2.75, 3.05) is 40.4 Å². The first-order chi connectivity index (χ1) is 8.59. The van der Waals surface area contributed by atoms with Crippen LogP contribution in [-0.2, 0) is 11.3 Å². The van der Waals surface area contributed by atoms with Gasteiger partial charge in [0.1, 0.15) is 10.7 Å². The first-order valence-corrected chi connectivity index (χ1v) is 5.76. The summed E-state index contributed by atoms with van der Waals surface area (Å²) in [6.45, 7) is 3.34. The van der Waals surface area contributed by atoms with Crippen molar-refractivity contribution in [1.29, 1.82) is 0 Å². The highest BCUT2D eigenvalue weighted by atomic mass is 16.6. The van der Waals surface area contributed by atoms with Crippen molar-refractivity contribution < 1.29 is 14.1 Å². The van der Waals surface area contributed by atoms with Crippen LogP contribution < -0.4 is 5.32 Å². The van der Waals surface area contributed by atoms with Crippen molar-refractivity contribution in [3.8, 4) is 0 Å².